The Morgan fingerprint density at radius 1 is 0.800 bits per heavy atom. The Morgan fingerprint density at radius 2 is 1.57 bits per heavy atom. The summed E-state index contributed by atoms with van der Waals surface area (Å²) in [5.74, 6) is 0.735. The van der Waals surface area contributed by atoms with Gasteiger partial charge in [-0.3, -0.25) is 0 Å². The van der Waals surface area contributed by atoms with Gasteiger partial charge >= 0.3 is 0 Å². The molecule has 1 saturated carbocycles. The smallest absolute Gasteiger partial charge is 0.00728 e. The lowest BCUT2D eigenvalue weighted by Gasteiger charge is -2.31. The van der Waals surface area contributed by atoms with E-state index in [1.165, 1.54) is 100 Å². The van der Waals surface area contributed by atoms with Crippen LogP contribution >= 0.6 is 0 Å². The summed E-state index contributed by atoms with van der Waals surface area (Å²) >= 11 is 0. The normalized spacial score (nSPS) is 20.2. The van der Waals surface area contributed by atoms with Crippen LogP contribution in [0.15, 0.2) is 42.5 Å². The zero-order valence-corrected chi connectivity index (χ0v) is 19.1. The van der Waals surface area contributed by atoms with Crippen LogP contribution in [0.5, 0.6) is 0 Å². The van der Waals surface area contributed by atoms with Crippen LogP contribution in [0.25, 0.3) is 11.1 Å². The molecule has 2 aliphatic carbocycles. The van der Waals surface area contributed by atoms with Crippen molar-refractivity contribution in [1.82, 2.24) is 5.32 Å². The van der Waals surface area contributed by atoms with Crippen molar-refractivity contribution in [2.45, 2.75) is 102 Å². The van der Waals surface area contributed by atoms with Gasteiger partial charge < -0.3 is 5.32 Å². The van der Waals surface area contributed by atoms with Gasteiger partial charge in [0.1, 0.15) is 0 Å². The third-order valence-corrected chi connectivity index (χ3v) is 7.46. The Hall–Kier alpha value is -1.60. The quantitative estimate of drug-likeness (QED) is 0.320. The molecule has 0 radical (unpaired) electrons. The Morgan fingerprint density at radius 3 is 2.43 bits per heavy atom. The number of nitrogens with one attached hydrogen (secondary N) is 1. The van der Waals surface area contributed by atoms with E-state index in [0.29, 0.717) is 6.04 Å². The SMILES string of the molecule is CCCCCCCCCCNC1CCCC(c2cccc3c2Cc2ccccc2-3)C1. The Kier molecular flexibility index (Phi) is 8.03. The Labute approximate surface area is 184 Å². The lowest BCUT2D eigenvalue weighted by Crippen LogP contribution is -2.34. The maximum Gasteiger partial charge on any atom is 0.00728 e. The van der Waals surface area contributed by atoms with E-state index < -0.39 is 0 Å². The molecule has 1 nitrogen and oxygen atoms in total. The number of hydrogen-bond acceptors (Lipinski definition) is 1. The van der Waals surface area contributed by atoms with Gasteiger partial charge in [0.25, 0.3) is 0 Å². The summed E-state index contributed by atoms with van der Waals surface area (Å²) in [6, 6.07) is 16.8. The van der Waals surface area contributed by atoms with E-state index in [0.717, 1.165) is 12.3 Å². The molecular weight excluding hydrogens is 362 g/mol. The number of unbranched alkanes of at least 4 members (excludes halogenated alkanes) is 7. The first-order chi connectivity index (χ1) is 14.9. The minimum Gasteiger partial charge on any atom is -0.314 e. The molecule has 2 unspecified atom stereocenters. The molecule has 0 spiro atoms. The molecule has 2 aromatic rings. The summed E-state index contributed by atoms with van der Waals surface area (Å²) in [4.78, 5) is 0. The summed E-state index contributed by atoms with van der Waals surface area (Å²) in [5.41, 5.74) is 7.74. The molecule has 162 valence electrons. The minimum atomic E-state index is 0.716. The van der Waals surface area contributed by atoms with Gasteiger partial charge in [-0.15, -0.1) is 0 Å². The van der Waals surface area contributed by atoms with Crippen LogP contribution in [-0.4, -0.2) is 12.6 Å². The number of hydrogen-bond donors (Lipinski definition) is 1. The molecule has 0 aromatic heterocycles. The largest absolute Gasteiger partial charge is 0.314 e. The van der Waals surface area contributed by atoms with Gasteiger partial charge in [0, 0.05) is 6.04 Å². The average Bonchev–Trinajstić information content (AvgIpc) is 3.17. The third-order valence-electron chi connectivity index (χ3n) is 7.46. The summed E-state index contributed by atoms with van der Waals surface area (Å²) in [7, 11) is 0. The maximum absolute atomic E-state index is 3.92. The van der Waals surface area contributed by atoms with E-state index in [4.69, 9.17) is 0 Å². The van der Waals surface area contributed by atoms with Crippen LogP contribution in [0.2, 0.25) is 0 Å². The monoisotopic (exact) mass is 403 g/mol. The third kappa shape index (κ3) is 5.35. The zero-order valence-electron chi connectivity index (χ0n) is 19.1. The van der Waals surface area contributed by atoms with Crippen molar-refractivity contribution in [2.24, 2.45) is 0 Å². The molecule has 2 aliphatic rings. The first-order valence-electron chi connectivity index (χ1n) is 12.8. The van der Waals surface area contributed by atoms with E-state index in [-0.39, 0.29) is 0 Å². The first-order valence-corrected chi connectivity index (χ1v) is 12.8. The highest BCUT2D eigenvalue weighted by Crippen LogP contribution is 2.43. The lowest BCUT2D eigenvalue weighted by molar-refractivity contribution is 0.336. The van der Waals surface area contributed by atoms with Gasteiger partial charge in [-0.05, 0) is 72.4 Å². The molecule has 30 heavy (non-hydrogen) atoms. The molecule has 4 rings (SSSR count). The molecular formula is C29H41N. The van der Waals surface area contributed by atoms with Crippen molar-refractivity contribution in [2.75, 3.05) is 6.54 Å². The molecule has 0 amide bonds. The minimum absolute atomic E-state index is 0.716. The lowest BCUT2D eigenvalue weighted by atomic mass is 9.79. The van der Waals surface area contributed by atoms with E-state index in [1.54, 1.807) is 11.1 Å². The van der Waals surface area contributed by atoms with Crippen LogP contribution in [0, 0.1) is 0 Å². The Balaban J connectivity index is 1.25. The van der Waals surface area contributed by atoms with E-state index in [9.17, 15) is 0 Å². The van der Waals surface area contributed by atoms with Crippen LogP contribution in [0.4, 0.5) is 0 Å². The molecule has 0 bridgehead atoms. The fourth-order valence-corrected chi connectivity index (χ4v) is 5.79. The summed E-state index contributed by atoms with van der Waals surface area (Å²) in [6.45, 7) is 3.51. The predicted molar refractivity (Wildman–Crippen MR) is 130 cm³/mol. The van der Waals surface area contributed by atoms with Gasteiger partial charge in [0.15, 0.2) is 0 Å². The molecule has 0 saturated heterocycles. The van der Waals surface area contributed by atoms with Gasteiger partial charge in [0.2, 0.25) is 0 Å². The fraction of sp³-hybridized carbons (Fsp3) is 0.586. The summed E-state index contributed by atoms with van der Waals surface area (Å²) in [5, 5.41) is 3.92. The van der Waals surface area contributed by atoms with Gasteiger partial charge in [-0.1, -0.05) is 101 Å². The first kappa shape index (κ1) is 21.6. The van der Waals surface area contributed by atoms with Gasteiger partial charge in [-0.2, -0.15) is 0 Å². The molecule has 2 aromatic carbocycles. The number of fused-ring (bicyclic) bond motifs is 3. The molecule has 0 heterocycles. The topological polar surface area (TPSA) is 12.0 Å². The average molecular weight is 404 g/mol. The highest BCUT2D eigenvalue weighted by molar-refractivity contribution is 5.78. The van der Waals surface area contributed by atoms with Crippen LogP contribution in [0.3, 0.4) is 0 Å². The molecule has 1 fully saturated rings. The molecule has 0 aliphatic heterocycles. The predicted octanol–water partition coefficient (Wildman–Crippen LogP) is 8.01. The van der Waals surface area contributed by atoms with E-state index >= 15 is 0 Å². The highest BCUT2D eigenvalue weighted by Gasteiger charge is 2.28. The van der Waals surface area contributed by atoms with Crippen LogP contribution in [-0.2, 0) is 6.42 Å². The van der Waals surface area contributed by atoms with Crippen LogP contribution in [0.1, 0.15) is 107 Å². The van der Waals surface area contributed by atoms with E-state index in [1.807, 2.05) is 0 Å². The fourth-order valence-electron chi connectivity index (χ4n) is 5.79. The second-order valence-corrected chi connectivity index (χ2v) is 9.70. The summed E-state index contributed by atoms with van der Waals surface area (Å²) < 4.78 is 0. The van der Waals surface area contributed by atoms with Crippen molar-refractivity contribution in [3.8, 4) is 11.1 Å². The van der Waals surface area contributed by atoms with Gasteiger partial charge in [-0.25, -0.2) is 0 Å². The zero-order chi connectivity index (χ0) is 20.6. The van der Waals surface area contributed by atoms with Gasteiger partial charge in [0.05, 0.1) is 0 Å². The standard InChI is InChI=1S/C29H41N/c1-2-3-4-5-6-7-8-11-20-30-25-16-12-15-23(21-25)27-18-13-19-28-26-17-10-9-14-24(26)22-29(27)28/h9-10,13-14,17-19,23,25,30H,2-8,11-12,15-16,20-22H2,1H3. The van der Waals surface area contributed by atoms with Crippen molar-refractivity contribution in [3.05, 3.63) is 59.2 Å². The molecule has 1 N–H and O–H groups in total. The number of benzene rings is 2. The molecule has 2 atom stereocenters. The Bertz CT molecular complexity index is 793. The van der Waals surface area contributed by atoms with E-state index in [2.05, 4.69) is 54.7 Å². The second kappa shape index (κ2) is 11.1. The molecule has 1 heteroatoms. The number of rotatable bonds is 11. The summed E-state index contributed by atoms with van der Waals surface area (Å²) in [6.07, 6.45) is 17.8. The highest BCUT2D eigenvalue weighted by atomic mass is 14.9. The maximum atomic E-state index is 3.92. The van der Waals surface area contributed by atoms with Crippen molar-refractivity contribution < 1.29 is 0 Å². The second-order valence-electron chi connectivity index (χ2n) is 9.70. The van der Waals surface area contributed by atoms with Crippen molar-refractivity contribution in [3.63, 3.8) is 0 Å². The van der Waals surface area contributed by atoms with Crippen molar-refractivity contribution in [1.29, 1.82) is 0 Å². The van der Waals surface area contributed by atoms with Crippen molar-refractivity contribution >= 4 is 0 Å². The van der Waals surface area contributed by atoms with Crippen LogP contribution < -0.4 is 5.32 Å².